The Kier molecular flexibility index (Phi) is 5.05. The van der Waals surface area contributed by atoms with Crippen molar-refractivity contribution in [2.75, 3.05) is 0 Å². The van der Waals surface area contributed by atoms with E-state index in [1.807, 2.05) is 36.4 Å². The predicted molar refractivity (Wildman–Crippen MR) is 117 cm³/mol. The second kappa shape index (κ2) is 7.81. The van der Waals surface area contributed by atoms with E-state index in [1.54, 1.807) is 42.5 Å². The maximum Gasteiger partial charge on any atom is 0.276 e. The Hall–Kier alpha value is -3.58. The number of nitro benzene ring substituents is 1. The van der Waals surface area contributed by atoms with Crippen molar-refractivity contribution in [3.63, 3.8) is 0 Å². The van der Waals surface area contributed by atoms with Gasteiger partial charge in [0.15, 0.2) is 0 Å². The number of benzene rings is 3. The summed E-state index contributed by atoms with van der Waals surface area (Å²) in [6.07, 6.45) is 3.22. The molecule has 0 spiro atoms. The van der Waals surface area contributed by atoms with E-state index in [0.29, 0.717) is 28.0 Å². The summed E-state index contributed by atoms with van der Waals surface area (Å²) in [5.41, 5.74) is 1.41. The van der Waals surface area contributed by atoms with Crippen molar-refractivity contribution in [1.29, 1.82) is 0 Å². The zero-order valence-electron chi connectivity index (χ0n) is 15.0. The number of hydrogen-bond acceptors (Lipinski definition) is 4. The van der Waals surface area contributed by atoms with Gasteiger partial charge in [-0.25, -0.2) is 4.98 Å². The third-order valence-corrected chi connectivity index (χ3v) is 4.91. The summed E-state index contributed by atoms with van der Waals surface area (Å²) in [6.45, 7) is 0. The van der Waals surface area contributed by atoms with Gasteiger partial charge < -0.3 is 0 Å². The van der Waals surface area contributed by atoms with Gasteiger partial charge in [0, 0.05) is 10.5 Å². The molecule has 7 heteroatoms. The molecule has 0 aliphatic heterocycles. The zero-order valence-corrected chi connectivity index (χ0v) is 16.6. The number of fused-ring (bicyclic) bond motifs is 1. The van der Waals surface area contributed by atoms with Crippen LogP contribution in [-0.4, -0.2) is 14.5 Å². The first-order valence-electron chi connectivity index (χ1n) is 8.74. The molecule has 0 aliphatic rings. The first kappa shape index (κ1) is 18.8. The third-order valence-electron chi connectivity index (χ3n) is 4.42. The van der Waals surface area contributed by atoms with Crippen molar-refractivity contribution in [2.24, 2.45) is 0 Å². The molecule has 142 valence electrons. The molecule has 0 unspecified atom stereocenters. The minimum absolute atomic E-state index is 0.0120. The smallest absolute Gasteiger partial charge is 0.268 e. The van der Waals surface area contributed by atoms with Crippen LogP contribution in [0.1, 0.15) is 11.4 Å². The SMILES string of the molecule is O=c1c2cc(Br)ccc2nc(/C=C/c2ccccc2[N+](=O)[O-])n1-c1ccccc1. The van der Waals surface area contributed by atoms with E-state index in [4.69, 9.17) is 0 Å². The monoisotopic (exact) mass is 447 g/mol. The fourth-order valence-electron chi connectivity index (χ4n) is 3.07. The van der Waals surface area contributed by atoms with E-state index in [9.17, 15) is 14.9 Å². The summed E-state index contributed by atoms with van der Waals surface area (Å²) in [4.78, 5) is 28.7. The second-order valence-electron chi connectivity index (χ2n) is 6.26. The molecule has 0 amide bonds. The summed E-state index contributed by atoms with van der Waals surface area (Å²) in [5, 5.41) is 11.8. The van der Waals surface area contributed by atoms with E-state index >= 15 is 0 Å². The highest BCUT2D eigenvalue weighted by molar-refractivity contribution is 9.10. The lowest BCUT2D eigenvalue weighted by Gasteiger charge is -2.11. The standard InChI is InChI=1S/C22H14BrN3O3/c23-16-11-12-19-18(14-16)22(27)25(17-7-2-1-3-8-17)21(24-19)13-10-15-6-4-5-9-20(15)26(28)29/h1-14H/b13-10+. The third kappa shape index (κ3) is 3.72. The van der Waals surface area contributed by atoms with E-state index in [1.165, 1.54) is 10.6 Å². The van der Waals surface area contributed by atoms with Gasteiger partial charge in [-0.3, -0.25) is 19.5 Å². The maximum atomic E-state index is 13.2. The molecule has 0 atom stereocenters. The number of nitrogens with zero attached hydrogens (tertiary/aromatic N) is 3. The quantitative estimate of drug-likeness (QED) is 0.317. The van der Waals surface area contributed by atoms with Crippen molar-refractivity contribution < 1.29 is 4.92 Å². The van der Waals surface area contributed by atoms with Gasteiger partial charge >= 0.3 is 0 Å². The molecule has 0 radical (unpaired) electrons. The van der Waals surface area contributed by atoms with Crippen LogP contribution in [0.25, 0.3) is 28.7 Å². The molecule has 0 saturated carbocycles. The summed E-state index contributed by atoms with van der Waals surface area (Å²) < 4.78 is 2.28. The summed E-state index contributed by atoms with van der Waals surface area (Å²) >= 11 is 3.39. The fourth-order valence-corrected chi connectivity index (χ4v) is 3.43. The Bertz CT molecular complexity index is 1310. The average Bonchev–Trinajstić information content (AvgIpc) is 2.73. The molecule has 3 aromatic carbocycles. The van der Waals surface area contributed by atoms with E-state index in [2.05, 4.69) is 20.9 Å². The lowest BCUT2D eigenvalue weighted by atomic mass is 10.1. The van der Waals surface area contributed by atoms with Crippen LogP contribution < -0.4 is 5.56 Å². The van der Waals surface area contributed by atoms with Crippen molar-refractivity contribution in [2.45, 2.75) is 0 Å². The van der Waals surface area contributed by atoms with Crippen LogP contribution in [0.5, 0.6) is 0 Å². The van der Waals surface area contributed by atoms with E-state index < -0.39 is 4.92 Å². The Morgan fingerprint density at radius 1 is 0.966 bits per heavy atom. The van der Waals surface area contributed by atoms with Crippen LogP contribution in [0.2, 0.25) is 0 Å². The van der Waals surface area contributed by atoms with Gasteiger partial charge in [0.25, 0.3) is 11.2 Å². The van der Waals surface area contributed by atoms with Crippen LogP contribution in [0.3, 0.4) is 0 Å². The number of halogens is 1. The molecule has 29 heavy (non-hydrogen) atoms. The van der Waals surface area contributed by atoms with Gasteiger partial charge in [0.05, 0.1) is 27.1 Å². The highest BCUT2D eigenvalue weighted by atomic mass is 79.9. The van der Waals surface area contributed by atoms with E-state index in [-0.39, 0.29) is 11.2 Å². The van der Waals surface area contributed by atoms with Crippen molar-refractivity contribution in [3.8, 4) is 5.69 Å². The molecule has 0 saturated heterocycles. The number of hydrogen-bond donors (Lipinski definition) is 0. The average molecular weight is 448 g/mol. The fraction of sp³-hybridized carbons (Fsp3) is 0. The molecule has 6 nitrogen and oxygen atoms in total. The van der Waals surface area contributed by atoms with Crippen LogP contribution in [-0.2, 0) is 0 Å². The Labute approximate surface area is 174 Å². The van der Waals surface area contributed by atoms with Gasteiger partial charge in [-0.15, -0.1) is 0 Å². The molecular weight excluding hydrogens is 434 g/mol. The minimum Gasteiger partial charge on any atom is -0.268 e. The molecule has 0 N–H and O–H groups in total. The van der Waals surface area contributed by atoms with Gasteiger partial charge in [-0.1, -0.05) is 46.3 Å². The molecule has 4 aromatic rings. The lowest BCUT2D eigenvalue weighted by molar-refractivity contribution is -0.385. The molecule has 0 fully saturated rings. The van der Waals surface area contributed by atoms with E-state index in [0.717, 1.165) is 4.47 Å². The van der Waals surface area contributed by atoms with Crippen molar-refractivity contribution in [1.82, 2.24) is 9.55 Å². The molecule has 4 rings (SSSR count). The molecule has 1 aromatic heterocycles. The topological polar surface area (TPSA) is 78.0 Å². The summed E-state index contributed by atoms with van der Waals surface area (Å²) in [7, 11) is 0. The minimum atomic E-state index is -0.435. The van der Waals surface area contributed by atoms with Gasteiger partial charge in [-0.05, 0) is 48.6 Å². The highest BCUT2D eigenvalue weighted by Crippen LogP contribution is 2.22. The summed E-state index contributed by atoms with van der Waals surface area (Å²) in [6, 6.07) is 20.9. The molecular formula is C22H14BrN3O3. The zero-order chi connectivity index (χ0) is 20.4. The lowest BCUT2D eigenvalue weighted by Crippen LogP contribution is -2.22. The van der Waals surface area contributed by atoms with Crippen LogP contribution >= 0.6 is 15.9 Å². The van der Waals surface area contributed by atoms with Crippen LogP contribution in [0, 0.1) is 10.1 Å². The molecule has 1 heterocycles. The highest BCUT2D eigenvalue weighted by Gasteiger charge is 2.13. The largest absolute Gasteiger partial charge is 0.276 e. The molecule has 0 aliphatic carbocycles. The number of nitro groups is 1. The Balaban J connectivity index is 1.96. The van der Waals surface area contributed by atoms with Crippen LogP contribution in [0.15, 0.2) is 82.1 Å². The van der Waals surface area contributed by atoms with Crippen LogP contribution in [0.4, 0.5) is 5.69 Å². The maximum absolute atomic E-state index is 13.2. The number of para-hydroxylation sites is 2. The first-order chi connectivity index (χ1) is 14.0. The predicted octanol–water partition coefficient (Wildman–Crippen LogP) is 5.23. The molecule has 0 bridgehead atoms. The van der Waals surface area contributed by atoms with Gasteiger partial charge in [0.2, 0.25) is 0 Å². The van der Waals surface area contributed by atoms with Crippen molar-refractivity contribution in [3.05, 3.63) is 109 Å². The van der Waals surface area contributed by atoms with Gasteiger partial charge in [0.1, 0.15) is 5.82 Å². The Morgan fingerprint density at radius 2 is 1.69 bits per heavy atom. The Morgan fingerprint density at radius 3 is 2.45 bits per heavy atom. The number of rotatable bonds is 4. The normalized spacial score (nSPS) is 11.2. The first-order valence-corrected chi connectivity index (χ1v) is 9.53. The van der Waals surface area contributed by atoms with Gasteiger partial charge in [-0.2, -0.15) is 0 Å². The second-order valence-corrected chi connectivity index (χ2v) is 7.17. The number of aromatic nitrogens is 2. The summed E-state index contributed by atoms with van der Waals surface area (Å²) in [5.74, 6) is 0.383. The van der Waals surface area contributed by atoms with Crippen molar-refractivity contribution >= 4 is 44.7 Å².